The van der Waals surface area contributed by atoms with Crippen molar-refractivity contribution in [3.63, 3.8) is 0 Å². The summed E-state index contributed by atoms with van der Waals surface area (Å²) in [6.07, 6.45) is 0.436. The van der Waals surface area contributed by atoms with Crippen LogP contribution in [0, 0.1) is 12.8 Å². The Labute approximate surface area is 213 Å². The zero-order valence-electron chi connectivity index (χ0n) is 21.4. The fraction of sp³-hybridized carbons (Fsp3) is 0.379. The smallest absolute Gasteiger partial charge is 0.242 e. The molecule has 2 heterocycles. The normalized spacial score (nSPS) is 13.7. The first kappa shape index (κ1) is 25.4. The van der Waals surface area contributed by atoms with Crippen molar-refractivity contribution in [2.45, 2.75) is 33.7 Å². The van der Waals surface area contributed by atoms with Crippen LogP contribution < -0.4 is 4.90 Å². The molecule has 3 aromatic rings. The van der Waals surface area contributed by atoms with Crippen molar-refractivity contribution in [2.75, 3.05) is 37.6 Å². The van der Waals surface area contributed by atoms with Gasteiger partial charge in [0.25, 0.3) is 0 Å². The molecule has 0 N–H and O–H groups in total. The monoisotopic (exact) mass is 485 g/mol. The lowest BCUT2D eigenvalue weighted by Crippen LogP contribution is -2.52. The van der Waals surface area contributed by atoms with Gasteiger partial charge in [-0.2, -0.15) is 0 Å². The molecule has 0 bridgehead atoms. The number of amides is 2. The third-order valence-electron chi connectivity index (χ3n) is 6.43. The second-order valence-corrected chi connectivity index (χ2v) is 9.84. The molecule has 7 nitrogen and oxygen atoms in total. The molecule has 0 aliphatic carbocycles. The summed E-state index contributed by atoms with van der Waals surface area (Å²) < 4.78 is 0. The zero-order valence-corrected chi connectivity index (χ0v) is 21.4. The molecule has 0 saturated carbocycles. The van der Waals surface area contributed by atoms with Gasteiger partial charge in [0.15, 0.2) is 5.82 Å². The van der Waals surface area contributed by atoms with Gasteiger partial charge >= 0.3 is 0 Å². The summed E-state index contributed by atoms with van der Waals surface area (Å²) >= 11 is 0. The van der Waals surface area contributed by atoms with Gasteiger partial charge in [0.1, 0.15) is 6.54 Å². The van der Waals surface area contributed by atoms with Gasteiger partial charge in [-0.25, -0.2) is 0 Å². The summed E-state index contributed by atoms with van der Waals surface area (Å²) in [6, 6.07) is 22.1. The molecule has 2 amide bonds. The van der Waals surface area contributed by atoms with Crippen molar-refractivity contribution in [1.29, 1.82) is 0 Å². The van der Waals surface area contributed by atoms with E-state index in [1.165, 1.54) is 5.56 Å². The van der Waals surface area contributed by atoms with Gasteiger partial charge in [-0.3, -0.25) is 9.59 Å². The van der Waals surface area contributed by atoms with Crippen molar-refractivity contribution < 1.29 is 9.59 Å². The van der Waals surface area contributed by atoms with E-state index in [4.69, 9.17) is 0 Å². The summed E-state index contributed by atoms with van der Waals surface area (Å²) in [5, 5.41) is 8.85. The Kier molecular flexibility index (Phi) is 8.31. The molecule has 0 radical (unpaired) electrons. The minimum absolute atomic E-state index is 0.0107. The predicted molar refractivity (Wildman–Crippen MR) is 142 cm³/mol. The highest BCUT2D eigenvalue weighted by Gasteiger charge is 2.26. The number of carbonyl (C=O) groups excluding carboxylic acids is 2. The lowest BCUT2D eigenvalue weighted by molar-refractivity contribution is -0.141. The van der Waals surface area contributed by atoms with Gasteiger partial charge in [0, 0.05) is 44.7 Å². The Balaban J connectivity index is 1.34. The third-order valence-corrected chi connectivity index (χ3v) is 6.43. The van der Waals surface area contributed by atoms with Crippen LogP contribution in [0.3, 0.4) is 0 Å². The Hall–Kier alpha value is -3.74. The van der Waals surface area contributed by atoms with E-state index in [0.717, 1.165) is 22.6 Å². The fourth-order valence-corrected chi connectivity index (χ4v) is 4.33. The molecule has 2 aromatic carbocycles. The molecule has 1 saturated heterocycles. The molecule has 1 aromatic heterocycles. The van der Waals surface area contributed by atoms with Gasteiger partial charge in [-0.05, 0) is 30.5 Å². The van der Waals surface area contributed by atoms with E-state index in [2.05, 4.69) is 46.3 Å². The van der Waals surface area contributed by atoms with Crippen LogP contribution in [0.25, 0.3) is 11.3 Å². The molecule has 1 fully saturated rings. The maximum Gasteiger partial charge on any atom is 0.242 e. The number of anilines is 1. The number of carbonyl (C=O) groups is 2. The van der Waals surface area contributed by atoms with Crippen molar-refractivity contribution in [2.24, 2.45) is 5.92 Å². The summed E-state index contributed by atoms with van der Waals surface area (Å²) in [4.78, 5) is 31.7. The quantitative estimate of drug-likeness (QED) is 0.479. The van der Waals surface area contributed by atoms with Crippen LogP contribution in [-0.4, -0.2) is 64.5 Å². The van der Waals surface area contributed by atoms with Gasteiger partial charge in [-0.1, -0.05) is 74.0 Å². The predicted octanol–water partition coefficient (Wildman–Crippen LogP) is 4.18. The highest BCUT2D eigenvalue weighted by atomic mass is 16.2. The van der Waals surface area contributed by atoms with E-state index in [0.29, 0.717) is 39.1 Å². The fourth-order valence-electron chi connectivity index (χ4n) is 4.33. The van der Waals surface area contributed by atoms with Crippen molar-refractivity contribution in [3.8, 4) is 11.3 Å². The Bertz CT molecular complexity index is 1140. The van der Waals surface area contributed by atoms with Crippen LogP contribution in [-0.2, 0) is 16.1 Å². The lowest BCUT2D eigenvalue weighted by atomic mass is 10.1. The van der Waals surface area contributed by atoms with E-state index in [9.17, 15) is 9.59 Å². The van der Waals surface area contributed by atoms with Crippen LogP contribution in [0.4, 0.5) is 5.82 Å². The maximum atomic E-state index is 13.1. The highest BCUT2D eigenvalue weighted by Crippen LogP contribution is 2.20. The lowest BCUT2D eigenvalue weighted by Gasteiger charge is -2.36. The molecule has 1 aliphatic rings. The number of hydrogen-bond acceptors (Lipinski definition) is 5. The van der Waals surface area contributed by atoms with Crippen LogP contribution in [0.2, 0.25) is 0 Å². The van der Waals surface area contributed by atoms with Crippen LogP contribution >= 0.6 is 0 Å². The number of aryl methyl sites for hydroxylation is 1. The van der Waals surface area contributed by atoms with Crippen LogP contribution in [0.15, 0.2) is 66.7 Å². The van der Waals surface area contributed by atoms with E-state index in [1.807, 2.05) is 61.2 Å². The van der Waals surface area contributed by atoms with Gasteiger partial charge in [-0.15, -0.1) is 10.2 Å². The second kappa shape index (κ2) is 11.8. The Morgan fingerprint density at radius 3 is 2.19 bits per heavy atom. The number of aromatic nitrogens is 2. The minimum atomic E-state index is -0.0107. The van der Waals surface area contributed by atoms with E-state index >= 15 is 0 Å². The first-order chi connectivity index (χ1) is 17.4. The molecule has 36 heavy (non-hydrogen) atoms. The van der Waals surface area contributed by atoms with Crippen molar-refractivity contribution in [3.05, 3.63) is 77.9 Å². The molecule has 1 aliphatic heterocycles. The van der Waals surface area contributed by atoms with Crippen molar-refractivity contribution in [1.82, 2.24) is 20.0 Å². The average Bonchev–Trinajstić information content (AvgIpc) is 2.89. The summed E-state index contributed by atoms with van der Waals surface area (Å²) in [5.41, 5.74) is 4.13. The molecule has 4 rings (SSSR count). The zero-order chi connectivity index (χ0) is 25.5. The number of nitrogens with zero attached hydrogens (tertiary/aromatic N) is 5. The standard InChI is InChI=1S/C29H35N5O2/c1-22(2)19-28(35)34(20-24-7-5-4-6-8-24)21-29(36)33-17-15-32(16-18-33)27-14-13-26(30-31-27)25-11-9-23(3)10-12-25/h4-14,22H,15-21H2,1-3H3. The first-order valence-electron chi connectivity index (χ1n) is 12.6. The second-order valence-electron chi connectivity index (χ2n) is 9.84. The van der Waals surface area contributed by atoms with Crippen LogP contribution in [0.1, 0.15) is 31.4 Å². The van der Waals surface area contributed by atoms with E-state index in [-0.39, 0.29) is 24.3 Å². The molecule has 7 heteroatoms. The largest absolute Gasteiger partial charge is 0.352 e. The SMILES string of the molecule is Cc1ccc(-c2ccc(N3CCN(C(=O)CN(Cc4ccccc4)C(=O)CC(C)C)CC3)nn2)cc1. The summed E-state index contributed by atoms with van der Waals surface area (Å²) in [7, 11) is 0. The summed E-state index contributed by atoms with van der Waals surface area (Å²) in [6.45, 7) is 9.22. The topological polar surface area (TPSA) is 69.6 Å². The number of piperazine rings is 1. The van der Waals surface area contributed by atoms with Gasteiger partial charge in [0.05, 0.1) is 5.69 Å². The minimum Gasteiger partial charge on any atom is -0.352 e. The summed E-state index contributed by atoms with van der Waals surface area (Å²) in [5.74, 6) is 1.07. The molecule has 0 unspecified atom stereocenters. The number of benzene rings is 2. The molecule has 0 spiro atoms. The molecular formula is C29H35N5O2. The number of rotatable bonds is 8. The van der Waals surface area contributed by atoms with Gasteiger partial charge in [0.2, 0.25) is 11.8 Å². The number of hydrogen-bond donors (Lipinski definition) is 0. The molecular weight excluding hydrogens is 450 g/mol. The highest BCUT2D eigenvalue weighted by molar-refractivity contribution is 5.85. The molecule has 188 valence electrons. The Morgan fingerprint density at radius 1 is 0.889 bits per heavy atom. The van der Waals surface area contributed by atoms with Crippen molar-refractivity contribution >= 4 is 17.6 Å². The van der Waals surface area contributed by atoms with E-state index < -0.39 is 0 Å². The Morgan fingerprint density at radius 2 is 1.58 bits per heavy atom. The van der Waals surface area contributed by atoms with Gasteiger partial charge < -0.3 is 14.7 Å². The van der Waals surface area contributed by atoms with Crippen LogP contribution in [0.5, 0.6) is 0 Å². The van der Waals surface area contributed by atoms with E-state index in [1.54, 1.807) is 4.90 Å². The molecule has 0 atom stereocenters. The first-order valence-corrected chi connectivity index (χ1v) is 12.6. The third kappa shape index (κ3) is 6.68. The maximum absolute atomic E-state index is 13.1. The average molecular weight is 486 g/mol.